The molecule has 0 aliphatic heterocycles. The highest BCUT2D eigenvalue weighted by molar-refractivity contribution is 7.89. The maximum absolute atomic E-state index is 12.8. The van der Waals surface area contributed by atoms with Gasteiger partial charge in [0.1, 0.15) is 0 Å². The van der Waals surface area contributed by atoms with E-state index < -0.39 is 21.5 Å². The molecule has 9 heteroatoms. The van der Waals surface area contributed by atoms with Crippen LogP contribution in [-0.2, 0) is 10.0 Å². The molecule has 3 N–H and O–H groups in total. The Kier molecular flexibility index (Phi) is 5.79. The summed E-state index contributed by atoms with van der Waals surface area (Å²) in [6, 6.07) is 13.1. The van der Waals surface area contributed by atoms with Gasteiger partial charge >= 0.3 is 0 Å². The Hall–Kier alpha value is -2.68. The zero-order valence-electron chi connectivity index (χ0n) is 16.2. The number of nitrogens with one attached hydrogen (secondary N) is 3. The summed E-state index contributed by atoms with van der Waals surface area (Å²) in [5.41, 5.74) is 1.35. The molecule has 0 saturated heterocycles. The molecule has 0 radical (unpaired) electrons. The average Bonchev–Trinajstić information content (AvgIpc) is 3.10. The zero-order valence-corrected chi connectivity index (χ0v) is 17.7. The van der Waals surface area contributed by atoms with Gasteiger partial charge in [-0.2, -0.15) is 5.10 Å². The fourth-order valence-corrected chi connectivity index (χ4v) is 4.29. The SMILES string of the molecule is CC(C)(C)NS(=O)(=O)c1cccc(NC(=O)c2cn[nH]c2-c2ccc(Cl)cc2)c1. The first-order valence-corrected chi connectivity index (χ1v) is 10.7. The fourth-order valence-electron chi connectivity index (χ4n) is 2.70. The van der Waals surface area contributed by atoms with E-state index in [9.17, 15) is 13.2 Å². The van der Waals surface area contributed by atoms with Gasteiger partial charge in [-0.3, -0.25) is 9.89 Å². The Bertz CT molecular complexity index is 1130. The van der Waals surface area contributed by atoms with E-state index in [0.717, 1.165) is 5.56 Å². The standard InChI is InChI=1S/C20H21ClN4O3S/c1-20(2,3)25-29(27,28)16-6-4-5-15(11-16)23-19(26)17-12-22-24-18(17)13-7-9-14(21)10-8-13/h4-12,25H,1-3H3,(H,22,24)(H,23,26). The molecule has 0 aliphatic rings. The summed E-state index contributed by atoms with van der Waals surface area (Å²) in [6.45, 7) is 5.27. The van der Waals surface area contributed by atoms with Crippen LogP contribution in [0.1, 0.15) is 31.1 Å². The number of aromatic nitrogens is 2. The molecule has 0 spiro atoms. The second-order valence-electron chi connectivity index (χ2n) is 7.50. The first-order chi connectivity index (χ1) is 13.5. The van der Waals surface area contributed by atoms with Crippen molar-refractivity contribution in [2.45, 2.75) is 31.2 Å². The van der Waals surface area contributed by atoms with Gasteiger partial charge in [0.05, 0.1) is 22.3 Å². The lowest BCUT2D eigenvalue weighted by Gasteiger charge is -2.20. The Morgan fingerprint density at radius 1 is 1.10 bits per heavy atom. The van der Waals surface area contributed by atoms with E-state index in [1.54, 1.807) is 57.2 Å². The highest BCUT2D eigenvalue weighted by Crippen LogP contribution is 2.24. The molecule has 0 atom stereocenters. The number of carbonyl (C=O) groups excluding carboxylic acids is 1. The van der Waals surface area contributed by atoms with Gasteiger partial charge in [-0.25, -0.2) is 13.1 Å². The van der Waals surface area contributed by atoms with Gasteiger partial charge in [0, 0.05) is 21.8 Å². The van der Waals surface area contributed by atoms with Gasteiger partial charge in [-0.05, 0) is 51.1 Å². The summed E-state index contributed by atoms with van der Waals surface area (Å²) in [6.07, 6.45) is 1.42. The van der Waals surface area contributed by atoms with Crippen LogP contribution in [0.15, 0.2) is 59.6 Å². The minimum Gasteiger partial charge on any atom is -0.322 e. The summed E-state index contributed by atoms with van der Waals surface area (Å²) in [4.78, 5) is 12.8. The second kappa shape index (κ2) is 7.98. The number of anilines is 1. The predicted octanol–water partition coefficient (Wildman–Crippen LogP) is 4.06. The molecule has 0 aliphatic carbocycles. The van der Waals surface area contributed by atoms with Gasteiger partial charge in [0.2, 0.25) is 10.0 Å². The van der Waals surface area contributed by atoms with E-state index in [-0.39, 0.29) is 4.90 Å². The molecule has 3 aromatic rings. The Morgan fingerprint density at radius 3 is 2.45 bits per heavy atom. The number of hydrogen-bond acceptors (Lipinski definition) is 4. The lowest BCUT2D eigenvalue weighted by molar-refractivity contribution is 0.102. The van der Waals surface area contributed by atoms with E-state index in [4.69, 9.17) is 11.6 Å². The van der Waals surface area contributed by atoms with Crippen molar-refractivity contribution in [2.75, 3.05) is 5.32 Å². The highest BCUT2D eigenvalue weighted by Gasteiger charge is 2.22. The number of rotatable bonds is 5. The van der Waals surface area contributed by atoms with Crippen LogP contribution in [0.5, 0.6) is 0 Å². The molecule has 0 saturated carbocycles. The molecule has 2 aromatic carbocycles. The van der Waals surface area contributed by atoms with Crippen molar-refractivity contribution in [3.8, 4) is 11.3 Å². The second-order valence-corrected chi connectivity index (χ2v) is 9.62. The van der Waals surface area contributed by atoms with Crippen LogP contribution in [-0.4, -0.2) is 30.1 Å². The van der Waals surface area contributed by atoms with E-state index in [1.165, 1.54) is 18.3 Å². The van der Waals surface area contributed by atoms with Crippen LogP contribution in [0.2, 0.25) is 5.02 Å². The normalized spacial score (nSPS) is 12.0. The molecule has 0 bridgehead atoms. The minimum absolute atomic E-state index is 0.0651. The lowest BCUT2D eigenvalue weighted by Crippen LogP contribution is -2.40. The summed E-state index contributed by atoms with van der Waals surface area (Å²) >= 11 is 5.92. The van der Waals surface area contributed by atoms with Crippen molar-refractivity contribution in [1.29, 1.82) is 0 Å². The largest absolute Gasteiger partial charge is 0.322 e. The molecule has 1 aromatic heterocycles. The first kappa shape index (κ1) is 21.0. The summed E-state index contributed by atoms with van der Waals surface area (Å²) < 4.78 is 27.7. The fraction of sp³-hybridized carbons (Fsp3) is 0.200. The van der Waals surface area contributed by atoms with E-state index in [0.29, 0.717) is 22.0 Å². The van der Waals surface area contributed by atoms with Gasteiger partial charge in [-0.1, -0.05) is 29.8 Å². The number of benzene rings is 2. The highest BCUT2D eigenvalue weighted by atomic mass is 35.5. The van der Waals surface area contributed by atoms with Crippen LogP contribution in [0.3, 0.4) is 0 Å². The maximum Gasteiger partial charge on any atom is 0.259 e. The summed E-state index contributed by atoms with van der Waals surface area (Å²) in [5.74, 6) is -0.415. The molecule has 1 amide bonds. The third-order valence-electron chi connectivity index (χ3n) is 3.86. The van der Waals surface area contributed by atoms with Crippen molar-refractivity contribution in [2.24, 2.45) is 0 Å². The molecule has 152 valence electrons. The van der Waals surface area contributed by atoms with Crippen molar-refractivity contribution in [3.63, 3.8) is 0 Å². The zero-order chi connectivity index (χ0) is 21.2. The monoisotopic (exact) mass is 432 g/mol. The Labute approximate surface area is 174 Å². The number of halogens is 1. The number of amides is 1. The lowest BCUT2D eigenvalue weighted by atomic mass is 10.1. The molecular weight excluding hydrogens is 412 g/mol. The molecule has 3 rings (SSSR count). The Morgan fingerprint density at radius 2 is 1.79 bits per heavy atom. The van der Waals surface area contributed by atoms with E-state index in [1.807, 2.05) is 0 Å². The van der Waals surface area contributed by atoms with E-state index >= 15 is 0 Å². The van der Waals surface area contributed by atoms with Gasteiger partial charge in [-0.15, -0.1) is 0 Å². The van der Waals surface area contributed by atoms with Crippen molar-refractivity contribution < 1.29 is 13.2 Å². The molecule has 29 heavy (non-hydrogen) atoms. The number of H-pyrrole nitrogens is 1. The van der Waals surface area contributed by atoms with Gasteiger partial charge < -0.3 is 5.32 Å². The van der Waals surface area contributed by atoms with Gasteiger partial charge in [0.15, 0.2) is 0 Å². The number of sulfonamides is 1. The number of hydrogen-bond donors (Lipinski definition) is 3. The molecular formula is C20H21ClN4O3S. The molecule has 1 heterocycles. The first-order valence-electron chi connectivity index (χ1n) is 8.80. The molecule has 0 fully saturated rings. The topological polar surface area (TPSA) is 104 Å². The van der Waals surface area contributed by atoms with Crippen LogP contribution in [0, 0.1) is 0 Å². The van der Waals surface area contributed by atoms with Crippen molar-refractivity contribution in [3.05, 3.63) is 65.3 Å². The van der Waals surface area contributed by atoms with Crippen molar-refractivity contribution >= 4 is 33.2 Å². The van der Waals surface area contributed by atoms with Crippen LogP contribution >= 0.6 is 11.6 Å². The quantitative estimate of drug-likeness (QED) is 0.565. The third-order valence-corrected chi connectivity index (χ3v) is 5.87. The number of nitrogens with zero attached hydrogens (tertiary/aromatic N) is 1. The average molecular weight is 433 g/mol. The van der Waals surface area contributed by atoms with Crippen molar-refractivity contribution in [1.82, 2.24) is 14.9 Å². The third kappa shape index (κ3) is 5.23. The predicted molar refractivity (Wildman–Crippen MR) is 114 cm³/mol. The van der Waals surface area contributed by atoms with Crippen LogP contribution in [0.25, 0.3) is 11.3 Å². The van der Waals surface area contributed by atoms with E-state index in [2.05, 4.69) is 20.2 Å². The summed E-state index contributed by atoms with van der Waals surface area (Å²) in [5, 5.41) is 10.1. The molecule has 0 unspecified atom stereocenters. The van der Waals surface area contributed by atoms with Crippen LogP contribution in [0.4, 0.5) is 5.69 Å². The van der Waals surface area contributed by atoms with Crippen LogP contribution < -0.4 is 10.0 Å². The number of aromatic amines is 1. The minimum atomic E-state index is -3.72. The molecule has 7 nitrogen and oxygen atoms in total. The Balaban J connectivity index is 1.84. The maximum atomic E-state index is 12.8. The number of carbonyl (C=O) groups is 1. The smallest absolute Gasteiger partial charge is 0.259 e. The summed E-state index contributed by atoms with van der Waals surface area (Å²) in [7, 11) is -3.72. The van der Waals surface area contributed by atoms with Gasteiger partial charge in [0.25, 0.3) is 5.91 Å².